The van der Waals surface area contributed by atoms with Crippen LogP contribution in [-0.2, 0) is 14.3 Å². The molecule has 1 aliphatic rings. The van der Waals surface area contributed by atoms with Crippen molar-refractivity contribution in [3.8, 4) is 5.75 Å². The van der Waals surface area contributed by atoms with Crippen molar-refractivity contribution in [2.75, 3.05) is 10.2 Å². The first-order valence-electron chi connectivity index (χ1n) is 10.6. The predicted molar refractivity (Wildman–Crippen MR) is 131 cm³/mol. The van der Waals surface area contributed by atoms with E-state index < -0.39 is 17.8 Å². The fourth-order valence-electron chi connectivity index (χ4n) is 3.27. The second-order valence-electron chi connectivity index (χ2n) is 7.74. The number of esters is 1. The minimum Gasteiger partial charge on any atom is -0.508 e. The number of rotatable bonds is 7. The lowest BCUT2D eigenvalue weighted by Crippen LogP contribution is -2.32. The lowest BCUT2D eigenvalue weighted by atomic mass is 10.2. The third-order valence-corrected chi connectivity index (χ3v) is 5.94. The first-order chi connectivity index (χ1) is 16.3. The second-order valence-corrected chi connectivity index (χ2v) is 8.82. The lowest BCUT2D eigenvalue weighted by molar-refractivity contribution is -0.120. The molecule has 2 amide bonds. The molecule has 3 aromatic rings. The number of amides is 2. The monoisotopic (exact) mass is 474 g/mol. The Bertz CT molecular complexity index is 1250. The van der Waals surface area contributed by atoms with E-state index in [4.69, 9.17) is 4.74 Å². The van der Waals surface area contributed by atoms with Crippen LogP contribution >= 0.6 is 11.8 Å². The van der Waals surface area contributed by atoms with Crippen LogP contribution in [0.25, 0.3) is 0 Å². The van der Waals surface area contributed by atoms with Gasteiger partial charge in [-0.2, -0.15) is 0 Å². The molecule has 4 rings (SSSR count). The summed E-state index contributed by atoms with van der Waals surface area (Å²) in [7, 11) is 0. The Morgan fingerprint density at radius 1 is 0.912 bits per heavy atom. The van der Waals surface area contributed by atoms with Gasteiger partial charge in [-0.15, -0.1) is 0 Å². The molecule has 0 aliphatic carbocycles. The Morgan fingerprint density at radius 3 is 2.18 bits per heavy atom. The fourth-order valence-corrected chi connectivity index (χ4v) is 4.22. The van der Waals surface area contributed by atoms with Crippen molar-refractivity contribution in [2.45, 2.75) is 24.8 Å². The molecule has 2 N–H and O–H groups in total. The molecule has 0 fully saturated rings. The van der Waals surface area contributed by atoms with Crippen molar-refractivity contribution in [3.63, 3.8) is 0 Å². The number of thioether (sulfide) groups is 1. The summed E-state index contributed by atoms with van der Waals surface area (Å²) in [5, 5.41) is 12.6. The first-order valence-corrected chi connectivity index (χ1v) is 11.4. The third-order valence-electron chi connectivity index (χ3n) is 4.85. The second kappa shape index (κ2) is 9.84. The Kier molecular flexibility index (Phi) is 6.70. The minimum atomic E-state index is -0.519. The van der Waals surface area contributed by atoms with E-state index in [0.29, 0.717) is 16.9 Å². The number of anilines is 2. The lowest BCUT2D eigenvalue weighted by Gasteiger charge is -2.16. The Balaban J connectivity index is 1.66. The van der Waals surface area contributed by atoms with E-state index in [0.717, 1.165) is 9.80 Å². The number of aromatic hydroxyl groups is 1. The van der Waals surface area contributed by atoms with E-state index in [1.165, 1.54) is 36.0 Å². The molecule has 34 heavy (non-hydrogen) atoms. The minimum absolute atomic E-state index is 0.0879. The number of hydrogen-bond acceptors (Lipinski definition) is 7. The zero-order chi connectivity index (χ0) is 24.2. The van der Waals surface area contributed by atoms with Crippen LogP contribution in [0.5, 0.6) is 5.75 Å². The third kappa shape index (κ3) is 4.97. The number of nitrogens with zero attached hydrogens (tertiary/aromatic N) is 1. The SMILES string of the molecule is CC(C)OC(=O)c1ccc(N2C(=O)C(Nc3ccc(O)cc3)=C(Sc3ccccc3)C2=O)cc1. The Hall–Kier alpha value is -4.04. The van der Waals surface area contributed by atoms with Gasteiger partial charge < -0.3 is 15.2 Å². The van der Waals surface area contributed by atoms with Crippen molar-refractivity contribution >= 4 is 40.9 Å². The molecule has 0 saturated carbocycles. The summed E-state index contributed by atoms with van der Waals surface area (Å²) in [6, 6.07) is 21.6. The van der Waals surface area contributed by atoms with Crippen molar-refractivity contribution < 1.29 is 24.2 Å². The quantitative estimate of drug-likeness (QED) is 0.284. The summed E-state index contributed by atoms with van der Waals surface area (Å²) < 4.78 is 5.19. The molecule has 1 heterocycles. The number of imide groups is 1. The van der Waals surface area contributed by atoms with E-state index in [1.54, 1.807) is 38.1 Å². The highest BCUT2D eigenvalue weighted by atomic mass is 32.2. The number of carbonyl (C=O) groups is 3. The van der Waals surface area contributed by atoms with Crippen LogP contribution in [0.3, 0.4) is 0 Å². The first kappa shape index (κ1) is 23.1. The van der Waals surface area contributed by atoms with Gasteiger partial charge in [0.2, 0.25) is 0 Å². The highest BCUT2D eigenvalue weighted by Gasteiger charge is 2.40. The molecule has 8 heteroatoms. The molecule has 0 spiro atoms. The molecule has 172 valence electrons. The summed E-state index contributed by atoms with van der Waals surface area (Å²) in [4.78, 5) is 41.0. The number of carbonyl (C=O) groups excluding carboxylic acids is 3. The number of phenolic OH excluding ortho intramolecular Hbond substituents is 1. The average molecular weight is 475 g/mol. The van der Waals surface area contributed by atoms with Crippen LogP contribution in [-0.4, -0.2) is 29.0 Å². The zero-order valence-corrected chi connectivity index (χ0v) is 19.3. The predicted octanol–water partition coefficient (Wildman–Crippen LogP) is 4.95. The van der Waals surface area contributed by atoms with Gasteiger partial charge in [0.25, 0.3) is 11.8 Å². The Morgan fingerprint density at radius 2 is 1.56 bits per heavy atom. The van der Waals surface area contributed by atoms with E-state index in [2.05, 4.69) is 5.32 Å². The average Bonchev–Trinajstić information content (AvgIpc) is 3.04. The van der Waals surface area contributed by atoms with Gasteiger partial charge in [-0.05, 0) is 74.5 Å². The van der Waals surface area contributed by atoms with Gasteiger partial charge in [0.15, 0.2) is 0 Å². The highest BCUT2D eigenvalue weighted by molar-refractivity contribution is 8.04. The summed E-state index contributed by atoms with van der Waals surface area (Å²) >= 11 is 1.19. The van der Waals surface area contributed by atoms with Crippen LogP contribution in [0.1, 0.15) is 24.2 Å². The topological polar surface area (TPSA) is 95.9 Å². The maximum atomic E-state index is 13.4. The molecule has 7 nitrogen and oxygen atoms in total. The van der Waals surface area contributed by atoms with Crippen LogP contribution in [0.4, 0.5) is 11.4 Å². The van der Waals surface area contributed by atoms with Crippen LogP contribution in [0.15, 0.2) is 94.4 Å². The maximum absolute atomic E-state index is 13.4. The van der Waals surface area contributed by atoms with E-state index in [-0.39, 0.29) is 22.5 Å². The zero-order valence-electron chi connectivity index (χ0n) is 18.5. The molecule has 0 atom stereocenters. The van der Waals surface area contributed by atoms with Crippen LogP contribution < -0.4 is 10.2 Å². The summed E-state index contributed by atoms with van der Waals surface area (Å²) in [6.07, 6.45) is -0.260. The molecule has 0 radical (unpaired) electrons. The normalized spacial score (nSPS) is 13.6. The Labute approximate surface area is 201 Å². The number of hydrogen-bond donors (Lipinski definition) is 2. The van der Waals surface area contributed by atoms with E-state index in [9.17, 15) is 19.5 Å². The van der Waals surface area contributed by atoms with Gasteiger partial charge in [0, 0.05) is 10.6 Å². The molecule has 0 aromatic heterocycles. The molecule has 3 aromatic carbocycles. The fraction of sp³-hybridized carbons (Fsp3) is 0.115. The maximum Gasteiger partial charge on any atom is 0.338 e. The van der Waals surface area contributed by atoms with Gasteiger partial charge in [0.1, 0.15) is 16.4 Å². The van der Waals surface area contributed by atoms with Gasteiger partial charge in [-0.3, -0.25) is 9.59 Å². The van der Waals surface area contributed by atoms with Gasteiger partial charge in [-0.25, -0.2) is 9.69 Å². The van der Waals surface area contributed by atoms with Crippen LogP contribution in [0.2, 0.25) is 0 Å². The molecule has 0 unspecified atom stereocenters. The van der Waals surface area contributed by atoms with E-state index >= 15 is 0 Å². The van der Waals surface area contributed by atoms with Crippen molar-refractivity contribution in [1.29, 1.82) is 0 Å². The number of phenols is 1. The highest BCUT2D eigenvalue weighted by Crippen LogP contribution is 2.38. The smallest absolute Gasteiger partial charge is 0.338 e. The van der Waals surface area contributed by atoms with Crippen molar-refractivity contribution in [1.82, 2.24) is 0 Å². The van der Waals surface area contributed by atoms with E-state index in [1.807, 2.05) is 30.3 Å². The number of ether oxygens (including phenoxy) is 1. The van der Waals surface area contributed by atoms with Crippen molar-refractivity contribution in [3.05, 3.63) is 95.0 Å². The standard InChI is InChI=1S/C26H22N2O5S/c1-16(2)33-26(32)17-8-12-19(13-9-17)28-24(30)22(27-18-10-14-20(29)15-11-18)23(25(28)31)34-21-6-4-3-5-7-21/h3-16,27,29H,1-2H3. The molecular weight excluding hydrogens is 452 g/mol. The number of nitrogens with one attached hydrogen (secondary N) is 1. The summed E-state index contributed by atoms with van der Waals surface area (Å²) in [5.41, 5.74) is 1.34. The molecule has 0 bridgehead atoms. The largest absolute Gasteiger partial charge is 0.508 e. The van der Waals surface area contributed by atoms with Gasteiger partial charge in [0.05, 0.1) is 17.4 Å². The molecule has 1 aliphatic heterocycles. The van der Waals surface area contributed by atoms with Crippen LogP contribution in [0, 0.1) is 0 Å². The van der Waals surface area contributed by atoms with Crippen molar-refractivity contribution in [2.24, 2.45) is 0 Å². The van der Waals surface area contributed by atoms with Gasteiger partial charge in [-0.1, -0.05) is 30.0 Å². The summed E-state index contributed by atoms with van der Waals surface area (Å²) in [6.45, 7) is 3.52. The summed E-state index contributed by atoms with van der Waals surface area (Å²) in [5.74, 6) is -1.38. The number of benzene rings is 3. The molecule has 0 saturated heterocycles. The van der Waals surface area contributed by atoms with Gasteiger partial charge >= 0.3 is 5.97 Å². The molecular formula is C26H22N2O5S.